The molecule has 1 unspecified atom stereocenters. The lowest BCUT2D eigenvalue weighted by molar-refractivity contribution is -0.167. The van der Waals surface area contributed by atoms with Crippen LogP contribution in [-0.2, 0) is 28.6 Å². The maximum Gasteiger partial charge on any atom is 0.306 e. The van der Waals surface area contributed by atoms with Crippen molar-refractivity contribution < 1.29 is 28.6 Å². The molecule has 0 aromatic carbocycles. The van der Waals surface area contributed by atoms with Gasteiger partial charge >= 0.3 is 17.9 Å². The van der Waals surface area contributed by atoms with Crippen LogP contribution in [0.2, 0.25) is 0 Å². The third-order valence-corrected chi connectivity index (χ3v) is 13.5. The monoisotopic (exact) mass is 1040 g/mol. The lowest BCUT2D eigenvalue weighted by Crippen LogP contribution is -2.30. The Labute approximate surface area is 464 Å². The molecule has 1 atom stereocenters. The van der Waals surface area contributed by atoms with Gasteiger partial charge in [-0.15, -0.1) is 0 Å². The summed E-state index contributed by atoms with van der Waals surface area (Å²) in [5.41, 5.74) is 0. The molecule has 0 rings (SSSR count). The molecule has 0 bridgehead atoms. The molecular formula is C69H118O6. The molecule has 0 N–H and O–H groups in total. The Morgan fingerprint density at radius 1 is 0.280 bits per heavy atom. The molecule has 0 aromatic heterocycles. The first-order chi connectivity index (χ1) is 37.0. The fraction of sp³-hybridized carbons (Fsp3) is 0.725. The lowest BCUT2D eigenvalue weighted by Gasteiger charge is -2.18. The SMILES string of the molecule is CC/C=C\C/C=C\C/C=C\C/C=C\CCCCCCCCCCCCCCC(=O)OCC(COC(=O)CCCCCCC/C=C\CCCCCC)OC(=O)CCCCCCCC/C=C\C/C=C\C/C=C\CCCCC. The largest absolute Gasteiger partial charge is 0.462 e. The van der Waals surface area contributed by atoms with Crippen LogP contribution >= 0.6 is 0 Å². The highest BCUT2D eigenvalue weighted by atomic mass is 16.6. The average Bonchev–Trinajstić information content (AvgIpc) is 3.41. The van der Waals surface area contributed by atoms with Crippen molar-refractivity contribution >= 4 is 17.9 Å². The van der Waals surface area contributed by atoms with Crippen LogP contribution in [0, 0.1) is 0 Å². The fourth-order valence-electron chi connectivity index (χ4n) is 8.79. The van der Waals surface area contributed by atoms with E-state index in [9.17, 15) is 14.4 Å². The Morgan fingerprint density at radius 2 is 0.520 bits per heavy atom. The molecule has 0 aliphatic heterocycles. The molecule has 0 radical (unpaired) electrons. The summed E-state index contributed by atoms with van der Waals surface area (Å²) in [5.74, 6) is -0.900. The maximum absolute atomic E-state index is 12.9. The number of hydrogen-bond acceptors (Lipinski definition) is 6. The van der Waals surface area contributed by atoms with E-state index in [4.69, 9.17) is 14.2 Å². The molecule has 0 spiro atoms. The van der Waals surface area contributed by atoms with E-state index in [0.717, 1.165) is 116 Å². The van der Waals surface area contributed by atoms with Crippen LogP contribution in [0.1, 0.15) is 303 Å². The van der Waals surface area contributed by atoms with Gasteiger partial charge in [0.1, 0.15) is 13.2 Å². The van der Waals surface area contributed by atoms with Crippen LogP contribution in [0.5, 0.6) is 0 Å². The van der Waals surface area contributed by atoms with E-state index >= 15 is 0 Å². The maximum atomic E-state index is 12.9. The van der Waals surface area contributed by atoms with Gasteiger partial charge in [-0.2, -0.15) is 0 Å². The van der Waals surface area contributed by atoms with Gasteiger partial charge in [-0.3, -0.25) is 14.4 Å². The number of carbonyl (C=O) groups is 3. The minimum Gasteiger partial charge on any atom is -0.462 e. The summed E-state index contributed by atoms with van der Waals surface area (Å²) < 4.78 is 16.9. The molecule has 6 nitrogen and oxygen atoms in total. The lowest BCUT2D eigenvalue weighted by atomic mass is 10.0. The molecule has 0 heterocycles. The molecule has 0 amide bonds. The van der Waals surface area contributed by atoms with Crippen molar-refractivity contribution in [3.8, 4) is 0 Å². The summed E-state index contributed by atoms with van der Waals surface area (Å²) in [4.78, 5) is 38.3. The van der Waals surface area contributed by atoms with Gasteiger partial charge in [-0.05, 0) is 122 Å². The molecule has 6 heteroatoms. The minimum atomic E-state index is -0.790. The predicted molar refractivity (Wildman–Crippen MR) is 325 cm³/mol. The highest BCUT2D eigenvalue weighted by Gasteiger charge is 2.19. The number of ether oxygens (including phenoxy) is 3. The third-order valence-electron chi connectivity index (χ3n) is 13.5. The van der Waals surface area contributed by atoms with E-state index in [1.165, 1.54) is 148 Å². The zero-order valence-electron chi connectivity index (χ0n) is 49.3. The number of hydrogen-bond donors (Lipinski definition) is 0. The van der Waals surface area contributed by atoms with Gasteiger partial charge < -0.3 is 14.2 Å². The number of carbonyl (C=O) groups excluding carboxylic acids is 3. The number of allylic oxidation sites excluding steroid dienone is 16. The summed E-state index contributed by atoms with van der Waals surface area (Å²) in [6, 6.07) is 0. The van der Waals surface area contributed by atoms with Gasteiger partial charge in [0.05, 0.1) is 0 Å². The van der Waals surface area contributed by atoms with Crippen molar-refractivity contribution in [3.63, 3.8) is 0 Å². The van der Waals surface area contributed by atoms with E-state index in [1.54, 1.807) is 0 Å². The van der Waals surface area contributed by atoms with Gasteiger partial charge in [-0.25, -0.2) is 0 Å². The Bertz CT molecular complexity index is 1480. The summed E-state index contributed by atoms with van der Waals surface area (Å²) in [6.45, 7) is 6.49. The molecular weight excluding hydrogens is 925 g/mol. The zero-order chi connectivity index (χ0) is 54.3. The third kappa shape index (κ3) is 61.1. The second-order valence-corrected chi connectivity index (χ2v) is 20.9. The highest BCUT2D eigenvalue weighted by Crippen LogP contribution is 2.16. The Balaban J connectivity index is 4.34. The van der Waals surface area contributed by atoms with Crippen LogP contribution in [0.15, 0.2) is 97.2 Å². The van der Waals surface area contributed by atoms with Crippen molar-refractivity contribution in [1.29, 1.82) is 0 Å². The van der Waals surface area contributed by atoms with Gasteiger partial charge in [0.15, 0.2) is 6.10 Å². The predicted octanol–water partition coefficient (Wildman–Crippen LogP) is 21.7. The first-order valence-electron chi connectivity index (χ1n) is 31.7. The van der Waals surface area contributed by atoms with E-state index in [0.29, 0.717) is 19.3 Å². The van der Waals surface area contributed by atoms with Gasteiger partial charge in [-0.1, -0.05) is 259 Å². The number of unbranched alkanes of at least 4 members (excludes halogenated alkanes) is 30. The average molecular weight is 1040 g/mol. The van der Waals surface area contributed by atoms with Crippen LogP contribution in [0.4, 0.5) is 0 Å². The smallest absolute Gasteiger partial charge is 0.306 e. The van der Waals surface area contributed by atoms with Crippen molar-refractivity contribution in [2.75, 3.05) is 13.2 Å². The first kappa shape index (κ1) is 71.3. The molecule has 75 heavy (non-hydrogen) atoms. The van der Waals surface area contributed by atoms with Crippen molar-refractivity contribution in [1.82, 2.24) is 0 Å². The van der Waals surface area contributed by atoms with Gasteiger partial charge in [0.25, 0.3) is 0 Å². The van der Waals surface area contributed by atoms with Crippen LogP contribution in [-0.4, -0.2) is 37.2 Å². The van der Waals surface area contributed by atoms with Crippen LogP contribution < -0.4 is 0 Å². The van der Waals surface area contributed by atoms with Crippen LogP contribution in [0.25, 0.3) is 0 Å². The Hall–Kier alpha value is -3.67. The minimum absolute atomic E-state index is 0.0857. The topological polar surface area (TPSA) is 78.9 Å². The first-order valence-corrected chi connectivity index (χ1v) is 31.7. The van der Waals surface area contributed by atoms with Gasteiger partial charge in [0, 0.05) is 19.3 Å². The van der Waals surface area contributed by atoms with Crippen molar-refractivity contribution in [2.45, 2.75) is 309 Å². The summed E-state index contributed by atoms with van der Waals surface area (Å²) in [6.07, 6.45) is 84.0. The van der Waals surface area contributed by atoms with E-state index in [2.05, 4.69) is 118 Å². The summed E-state index contributed by atoms with van der Waals surface area (Å²) >= 11 is 0. The molecule has 0 aromatic rings. The second-order valence-electron chi connectivity index (χ2n) is 20.9. The summed E-state index contributed by atoms with van der Waals surface area (Å²) in [7, 11) is 0. The van der Waals surface area contributed by atoms with Gasteiger partial charge in [0.2, 0.25) is 0 Å². The van der Waals surface area contributed by atoms with E-state index < -0.39 is 6.10 Å². The Morgan fingerprint density at radius 3 is 0.853 bits per heavy atom. The second kappa shape index (κ2) is 62.9. The highest BCUT2D eigenvalue weighted by molar-refractivity contribution is 5.71. The molecule has 0 fully saturated rings. The molecule has 0 saturated heterocycles. The molecule has 430 valence electrons. The quantitative estimate of drug-likeness (QED) is 0.0261. The van der Waals surface area contributed by atoms with Crippen molar-refractivity contribution in [2.24, 2.45) is 0 Å². The molecule has 0 saturated carbocycles. The normalized spacial score (nSPS) is 12.7. The number of esters is 3. The Kier molecular flexibility index (Phi) is 59.8. The van der Waals surface area contributed by atoms with Crippen molar-refractivity contribution in [3.05, 3.63) is 97.2 Å². The molecule has 0 aliphatic rings. The zero-order valence-corrected chi connectivity index (χ0v) is 49.3. The molecule has 0 aliphatic carbocycles. The summed E-state index contributed by atoms with van der Waals surface area (Å²) in [5, 5.41) is 0. The van der Waals surface area contributed by atoms with E-state index in [1.807, 2.05) is 0 Å². The van der Waals surface area contributed by atoms with Crippen LogP contribution in [0.3, 0.4) is 0 Å². The van der Waals surface area contributed by atoms with E-state index in [-0.39, 0.29) is 31.1 Å². The number of rotatable bonds is 57. The fourth-order valence-corrected chi connectivity index (χ4v) is 8.79. The standard InChI is InChI=1S/C69H118O6/c1-4-7-10-13-16-19-22-25-27-29-31-32-33-34-35-36-38-39-41-44-47-50-53-56-59-62-68(71)74-65-66(64-73-67(70)61-58-55-52-49-46-43-24-21-18-15-12-9-6-3)75-69(72)63-60-57-54-51-48-45-42-40-37-30-28-26-23-20-17-14-11-8-5-2/h7,10,16-17,19-21,24-28,31-32,37,40,66H,4-6,8-9,11-15,18,22-23,29-30,33-36,38-39,41-65H2,1-3H3/b10-7-,19-16-,20-17-,24-21-,27-25-,28-26-,32-31-,40-37-.